The second-order valence-corrected chi connectivity index (χ2v) is 16.1. The molecule has 0 aliphatic carbocycles. The molecular weight excluding hydrogens is 1100 g/mol. The van der Waals surface area contributed by atoms with E-state index in [1.54, 1.807) is 0 Å². The number of nitrogens with zero attached hydrogens (tertiary/aromatic N) is 3. The van der Waals surface area contributed by atoms with Crippen molar-refractivity contribution >= 4 is 89.7 Å². The van der Waals surface area contributed by atoms with Gasteiger partial charge < -0.3 is 24.1 Å². The summed E-state index contributed by atoms with van der Waals surface area (Å²) >= 11 is 0. The normalized spacial score (nSPS) is 12.5. The fourth-order valence-corrected chi connectivity index (χ4v) is 8.38. The summed E-state index contributed by atoms with van der Waals surface area (Å²) < 4.78 is 303. The fourth-order valence-electron chi connectivity index (χ4n) is 7.07. The summed E-state index contributed by atoms with van der Waals surface area (Å²) in [6.07, 6.45) is -1.97. The molecule has 3 aromatic carbocycles. The molecule has 0 radical (unpaired) electrons. The van der Waals surface area contributed by atoms with Crippen LogP contribution in [0.4, 0.5) is 65.9 Å². The Kier molecular flexibility index (Phi) is 12.9. The van der Waals surface area contributed by atoms with Gasteiger partial charge in [-0.3, -0.25) is 4.98 Å². The molecule has 1 N–H and O–H groups in total. The molecule has 342 valence electrons. The minimum atomic E-state index is -6.19. The van der Waals surface area contributed by atoms with Crippen molar-refractivity contribution in [1.29, 1.82) is 0 Å². The number of rotatable bonds is 5. The molecule has 0 saturated carbocycles. The van der Waals surface area contributed by atoms with Crippen LogP contribution in [-0.4, -0.2) is 59.8 Å². The zero-order chi connectivity index (χ0) is 47.0. The minimum absolute atomic E-state index is 0. The van der Waals surface area contributed by atoms with Gasteiger partial charge in [0.1, 0.15) is 20.2 Å². The Balaban J connectivity index is 0.00000360. The number of fused-ring (bicyclic) bond motifs is 9. The average Bonchev–Trinajstić information content (AvgIpc) is 4.07. The number of hydrogen-bond acceptors (Lipinski definition) is 7. The summed E-state index contributed by atoms with van der Waals surface area (Å²) in [5, 5.41) is 0. The van der Waals surface area contributed by atoms with E-state index in [9.17, 15) is 65.5 Å². The van der Waals surface area contributed by atoms with Gasteiger partial charge in [0.05, 0.1) is 32.8 Å². The molecular formula is C37H10ClF15N4O6S2Sn. The van der Waals surface area contributed by atoms with E-state index in [4.69, 9.17) is 0 Å². The Morgan fingerprint density at radius 1 is 0.455 bits per heavy atom. The molecule has 10 nitrogen and oxygen atoms in total. The zero-order valence-electron chi connectivity index (χ0n) is 30.9. The van der Waals surface area contributed by atoms with Crippen LogP contribution in [0.3, 0.4) is 0 Å². The summed E-state index contributed by atoms with van der Waals surface area (Å²) in [5.41, 5.74) is -20.5. The smallest absolute Gasteiger partial charge is 0.744 e. The predicted octanol–water partition coefficient (Wildman–Crippen LogP) is 8.51. The zero-order valence-corrected chi connectivity index (χ0v) is 36.2. The van der Waals surface area contributed by atoms with Crippen LogP contribution in [0.25, 0.3) is 66.5 Å². The van der Waals surface area contributed by atoms with Crippen LogP contribution >= 0.6 is 12.4 Å². The Bertz CT molecular complexity index is 3580. The molecule has 1 aliphatic rings. The molecule has 8 bridgehead atoms. The van der Waals surface area contributed by atoms with Crippen molar-refractivity contribution in [2.75, 3.05) is 0 Å². The molecule has 0 amide bonds. The van der Waals surface area contributed by atoms with Gasteiger partial charge in [-0.15, -0.1) is 29.0 Å². The van der Waals surface area contributed by atoms with Crippen molar-refractivity contribution in [2.24, 2.45) is 0 Å². The molecule has 0 spiro atoms. The molecule has 0 fully saturated rings. The number of aryl methyl sites for hydroxylation is 2. The van der Waals surface area contributed by atoms with Gasteiger partial charge >= 0.3 is 23.9 Å². The number of benzene rings is 3. The molecule has 1 aliphatic heterocycles. The Morgan fingerprint density at radius 2 is 0.803 bits per heavy atom. The Hall–Kier alpha value is -5.49. The van der Waals surface area contributed by atoms with Crippen LogP contribution in [0.5, 0.6) is 0 Å². The van der Waals surface area contributed by atoms with Crippen molar-refractivity contribution in [3.63, 3.8) is 0 Å². The van der Waals surface area contributed by atoms with E-state index in [-0.39, 0.29) is 48.4 Å². The van der Waals surface area contributed by atoms with Crippen molar-refractivity contribution in [3.8, 4) is 33.4 Å². The summed E-state index contributed by atoms with van der Waals surface area (Å²) in [6, 6.07) is 1.17. The van der Waals surface area contributed by atoms with Gasteiger partial charge in [0, 0.05) is 21.7 Å². The first-order valence-electron chi connectivity index (χ1n) is 16.9. The van der Waals surface area contributed by atoms with Crippen LogP contribution in [-0.2, 0) is 33.1 Å². The third kappa shape index (κ3) is 7.51. The molecule has 29 heteroatoms. The molecule has 8 rings (SSSR count). The van der Waals surface area contributed by atoms with Crippen molar-refractivity contribution in [2.45, 2.75) is 22.6 Å². The number of aromatic nitrogens is 4. The minimum Gasteiger partial charge on any atom is -0.744 e. The van der Waals surface area contributed by atoms with Crippen molar-refractivity contribution in [3.05, 3.63) is 123 Å². The SMILES string of the molecule is Cl.O=S(=O)([O-])c1cc2[nH]c1c(-c1c(F)c(F)c(F)c(F)c1F)c1nc(c(-c3c(F)c(F)c(F)c(F)c3F)c3ccc([n-]3)c(-c3c(F)c(F)c(F)c(F)c3F)c3cc(S(=O)(=O)[O-])c2[n-]3)CC1.[Sn+4]. The molecule has 7 aromatic rings. The van der Waals surface area contributed by atoms with Crippen LogP contribution in [0.15, 0.2) is 34.1 Å². The molecule has 0 saturated heterocycles. The maximum Gasteiger partial charge on any atom is 4.00 e. The van der Waals surface area contributed by atoms with Crippen LogP contribution in [0.1, 0.15) is 11.4 Å². The van der Waals surface area contributed by atoms with Gasteiger partial charge in [0.2, 0.25) is 17.5 Å². The summed E-state index contributed by atoms with van der Waals surface area (Å²) in [5.74, 6) is -40.8. The van der Waals surface area contributed by atoms with Gasteiger partial charge in [0.25, 0.3) is 0 Å². The first kappa shape index (κ1) is 49.9. The van der Waals surface area contributed by atoms with Gasteiger partial charge in [-0.2, -0.15) is 0 Å². The van der Waals surface area contributed by atoms with Crippen molar-refractivity contribution < 1.29 is 91.8 Å². The largest absolute Gasteiger partial charge is 4.00 e. The number of nitrogens with one attached hydrogen (secondary N) is 1. The molecule has 0 atom stereocenters. The molecule has 66 heavy (non-hydrogen) atoms. The number of H-pyrrole nitrogens is 1. The number of aromatic amines is 1. The Labute approximate surface area is 378 Å². The van der Waals surface area contributed by atoms with E-state index in [0.717, 1.165) is 0 Å². The van der Waals surface area contributed by atoms with E-state index in [1.807, 2.05) is 4.98 Å². The van der Waals surface area contributed by atoms with Gasteiger partial charge in [-0.1, -0.05) is 23.7 Å². The van der Waals surface area contributed by atoms with Crippen LogP contribution in [0, 0.1) is 87.3 Å². The monoisotopic (exact) mass is 1110 g/mol. The average molecular weight is 1110 g/mol. The number of halogens is 16. The van der Waals surface area contributed by atoms with Gasteiger partial charge in [-0.05, 0) is 30.0 Å². The Morgan fingerprint density at radius 3 is 1.21 bits per heavy atom. The summed E-state index contributed by atoms with van der Waals surface area (Å²) in [4.78, 5) is 9.82. The molecule has 5 heterocycles. The third-order valence-electron chi connectivity index (χ3n) is 9.79. The maximum atomic E-state index is 15.8. The van der Waals surface area contributed by atoms with Gasteiger partial charge in [-0.25, -0.2) is 82.7 Å². The fraction of sp³-hybridized carbons (Fsp3) is 0.0541. The van der Waals surface area contributed by atoms with Gasteiger partial charge in [0.15, 0.2) is 69.8 Å². The third-order valence-corrected chi connectivity index (χ3v) is 11.5. The van der Waals surface area contributed by atoms with E-state index < -0.39 is 208 Å². The topological polar surface area (TPSA) is 171 Å². The van der Waals surface area contributed by atoms with Crippen LogP contribution < -0.4 is 9.97 Å². The molecule has 4 aromatic heterocycles. The maximum absolute atomic E-state index is 15.8. The second kappa shape index (κ2) is 17.0. The molecule has 0 unspecified atom stereocenters. The first-order chi connectivity index (χ1) is 29.8. The van der Waals surface area contributed by atoms with E-state index in [2.05, 4.69) is 15.0 Å². The predicted molar refractivity (Wildman–Crippen MR) is 196 cm³/mol. The first-order valence-corrected chi connectivity index (χ1v) is 19.7. The van der Waals surface area contributed by atoms with Crippen molar-refractivity contribution in [1.82, 2.24) is 19.9 Å². The summed E-state index contributed by atoms with van der Waals surface area (Å²) in [6.45, 7) is 0. The standard InChI is InChI=1S/C37H11F15N4O6S2.ClH.Sn/c38-21-18(22(39)28(45)33(50)27(21)44)15-7-1-2-9(53-7)16(19-23(40)29(46)34(51)30(47)24(19)41)11-5-13(63(57,58)59)36(55-11)12-6-14(64(60,61)62)37(56-12)17(10-4-3-8(15)54-10)20-25(42)31(48)35(52)32(49)26(20)43;;/h1-2,5-6,56H,3-4H2,(H,57,58,59)(H,60,61,62);1H;/q-2;;+4/p-2. The quantitative estimate of drug-likeness (QED) is 0.0584. The van der Waals surface area contributed by atoms with Crippen LogP contribution in [0.2, 0.25) is 0 Å². The summed E-state index contributed by atoms with van der Waals surface area (Å²) in [7, 11) is -12.3. The van der Waals surface area contributed by atoms with E-state index in [0.29, 0.717) is 12.1 Å². The van der Waals surface area contributed by atoms with E-state index >= 15 is 26.3 Å². The number of hydrogen-bond donors (Lipinski definition) is 1. The van der Waals surface area contributed by atoms with E-state index in [1.165, 1.54) is 0 Å². The second-order valence-electron chi connectivity index (χ2n) is 13.4.